The summed E-state index contributed by atoms with van der Waals surface area (Å²) in [6.45, 7) is 4.14. The molecule has 1 saturated carbocycles. The largest absolute Gasteiger partial charge is 0.364 e. The van der Waals surface area contributed by atoms with Crippen molar-refractivity contribution < 1.29 is 14.4 Å². The summed E-state index contributed by atoms with van der Waals surface area (Å²) in [5.41, 5.74) is 0.172. The van der Waals surface area contributed by atoms with Crippen molar-refractivity contribution in [2.24, 2.45) is 5.92 Å². The maximum atomic E-state index is 12.8. The number of nitrogens with one attached hydrogen (secondary N) is 2. The third-order valence-electron chi connectivity index (χ3n) is 5.93. The van der Waals surface area contributed by atoms with Crippen LogP contribution >= 0.6 is 0 Å². The molecule has 4 amide bonds. The number of pyridine rings is 1. The van der Waals surface area contributed by atoms with Crippen LogP contribution in [0.4, 0.5) is 10.5 Å². The Bertz CT molecular complexity index is 751. The standard InChI is InChI=1S/C19H25N5O3/c1-13-12-23(9-10-24(13)15-3-2-8-20-11-15)16(25)6-7-19(14-4-5-14)17(26)21-18(27)22-19/h2-3,8,11,13-14H,4-7,9-10,12H2,1H3,(H2,21,22,26,27)/t13-,19?/m0/s1. The molecule has 8 nitrogen and oxygen atoms in total. The van der Waals surface area contributed by atoms with Gasteiger partial charge in [0.2, 0.25) is 5.91 Å². The fourth-order valence-corrected chi connectivity index (χ4v) is 4.30. The second-order valence-corrected chi connectivity index (χ2v) is 7.75. The Morgan fingerprint density at radius 2 is 2.15 bits per heavy atom. The van der Waals surface area contributed by atoms with E-state index in [2.05, 4.69) is 27.4 Å². The zero-order valence-electron chi connectivity index (χ0n) is 15.5. The lowest BCUT2D eigenvalue weighted by Crippen LogP contribution is -2.54. The number of nitrogens with zero attached hydrogens (tertiary/aromatic N) is 3. The number of hydrogen-bond acceptors (Lipinski definition) is 5. The maximum absolute atomic E-state index is 12.8. The summed E-state index contributed by atoms with van der Waals surface area (Å²) in [4.78, 5) is 45.0. The van der Waals surface area contributed by atoms with E-state index >= 15 is 0 Å². The molecule has 1 unspecified atom stereocenters. The van der Waals surface area contributed by atoms with E-state index in [1.54, 1.807) is 6.20 Å². The van der Waals surface area contributed by atoms with E-state index in [0.717, 1.165) is 25.1 Å². The fraction of sp³-hybridized carbons (Fsp3) is 0.579. The summed E-state index contributed by atoms with van der Waals surface area (Å²) < 4.78 is 0. The average Bonchev–Trinajstić information content (AvgIpc) is 3.47. The van der Waals surface area contributed by atoms with Gasteiger partial charge in [-0.1, -0.05) is 0 Å². The number of urea groups is 1. The molecule has 4 rings (SSSR count). The van der Waals surface area contributed by atoms with Crippen LogP contribution in [0.15, 0.2) is 24.5 Å². The van der Waals surface area contributed by atoms with Crippen molar-refractivity contribution in [2.75, 3.05) is 24.5 Å². The molecule has 8 heteroatoms. The Kier molecular flexibility index (Phi) is 4.49. The first kappa shape index (κ1) is 17.8. The molecule has 3 fully saturated rings. The SMILES string of the molecule is C[C@H]1CN(C(=O)CCC2(C3CC3)NC(=O)NC2=O)CCN1c1cccnc1. The summed E-state index contributed by atoms with van der Waals surface area (Å²) in [7, 11) is 0. The molecule has 1 aliphatic carbocycles. The molecular weight excluding hydrogens is 346 g/mol. The van der Waals surface area contributed by atoms with Gasteiger partial charge in [0.05, 0.1) is 11.9 Å². The minimum atomic E-state index is -0.893. The van der Waals surface area contributed by atoms with Crippen LogP contribution in [0.5, 0.6) is 0 Å². The molecule has 27 heavy (non-hydrogen) atoms. The van der Waals surface area contributed by atoms with Gasteiger partial charge in [-0.15, -0.1) is 0 Å². The van der Waals surface area contributed by atoms with Crippen molar-refractivity contribution in [1.82, 2.24) is 20.5 Å². The van der Waals surface area contributed by atoms with Gasteiger partial charge in [-0.25, -0.2) is 4.79 Å². The van der Waals surface area contributed by atoms with Gasteiger partial charge in [-0.2, -0.15) is 0 Å². The predicted octanol–water partition coefficient (Wildman–Crippen LogP) is 0.887. The number of aromatic nitrogens is 1. The number of imide groups is 1. The van der Waals surface area contributed by atoms with Crippen LogP contribution < -0.4 is 15.5 Å². The highest BCUT2D eigenvalue weighted by Gasteiger charge is 2.55. The first-order valence-electron chi connectivity index (χ1n) is 9.57. The number of hydrogen-bond donors (Lipinski definition) is 2. The first-order chi connectivity index (χ1) is 13.0. The van der Waals surface area contributed by atoms with Crippen LogP contribution in [0.3, 0.4) is 0 Å². The van der Waals surface area contributed by atoms with Crippen LogP contribution in [0.1, 0.15) is 32.6 Å². The van der Waals surface area contributed by atoms with Crippen molar-refractivity contribution in [3.05, 3.63) is 24.5 Å². The van der Waals surface area contributed by atoms with Gasteiger partial charge in [-0.3, -0.25) is 19.9 Å². The first-order valence-corrected chi connectivity index (χ1v) is 9.57. The Morgan fingerprint density at radius 3 is 2.74 bits per heavy atom. The zero-order chi connectivity index (χ0) is 19.0. The Hall–Kier alpha value is -2.64. The summed E-state index contributed by atoms with van der Waals surface area (Å²) in [6, 6.07) is 3.69. The molecule has 0 radical (unpaired) electrons. The molecule has 2 saturated heterocycles. The summed E-state index contributed by atoms with van der Waals surface area (Å²) in [6.07, 6.45) is 6.07. The minimum Gasteiger partial charge on any atom is -0.364 e. The van der Waals surface area contributed by atoms with Crippen molar-refractivity contribution in [3.63, 3.8) is 0 Å². The van der Waals surface area contributed by atoms with Gasteiger partial charge in [0, 0.05) is 38.3 Å². The number of amides is 4. The van der Waals surface area contributed by atoms with Gasteiger partial charge in [-0.05, 0) is 44.2 Å². The van der Waals surface area contributed by atoms with Crippen molar-refractivity contribution in [1.29, 1.82) is 0 Å². The number of carbonyl (C=O) groups excluding carboxylic acids is 3. The molecule has 1 aromatic heterocycles. The van der Waals surface area contributed by atoms with Crippen LogP contribution in [0.2, 0.25) is 0 Å². The smallest absolute Gasteiger partial charge is 0.322 e. The van der Waals surface area contributed by atoms with Crippen molar-refractivity contribution in [2.45, 2.75) is 44.2 Å². The lowest BCUT2D eigenvalue weighted by Gasteiger charge is -2.41. The second kappa shape index (κ2) is 6.83. The average molecular weight is 371 g/mol. The third-order valence-corrected chi connectivity index (χ3v) is 5.93. The highest BCUT2D eigenvalue weighted by atomic mass is 16.2. The van der Waals surface area contributed by atoms with Gasteiger partial charge >= 0.3 is 6.03 Å². The Labute approximate surface area is 158 Å². The normalized spacial score (nSPS) is 28.1. The number of carbonyl (C=O) groups is 3. The summed E-state index contributed by atoms with van der Waals surface area (Å²) in [5, 5.41) is 5.13. The number of rotatable bonds is 5. The Balaban J connectivity index is 1.35. The molecule has 2 aliphatic heterocycles. The van der Waals surface area contributed by atoms with Gasteiger partial charge in [0.25, 0.3) is 5.91 Å². The topological polar surface area (TPSA) is 94.6 Å². The molecule has 0 aromatic carbocycles. The Morgan fingerprint density at radius 1 is 1.33 bits per heavy atom. The van der Waals surface area contributed by atoms with Gasteiger partial charge in [0.1, 0.15) is 5.54 Å². The lowest BCUT2D eigenvalue weighted by molar-refractivity contribution is -0.133. The zero-order valence-corrected chi connectivity index (χ0v) is 15.5. The van der Waals surface area contributed by atoms with Gasteiger partial charge < -0.3 is 15.1 Å². The van der Waals surface area contributed by atoms with Gasteiger partial charge in [0.15, 0.2) is 0 Å². The molecule has 0 bridgehead atoms. The summed E-state index contributed by atoms with van der Waals surface area (Å²) >= 11 is 0. The second-order valence-electron chi connectivity index (χ2n) is 7.75. The van der Waals surface area contributed by atoms with Crippen LogP contribution in [-0.2, 0) is 9.59 Å². The van der Waals surface area contributed by atoms with Crippen LogP contribution in [-0.4, -0.2) is 58.9 Å². The molecule has 3 aliphatic rings. The van der Waals surface area contributed by atoms with E-state index in [1.807, 2.05) is 23.2 Å². The molecule has 144 valence electrons. The predicted molar refractivity (Wildman–Crippen MR) is 99.0 cm³/mol. The number of anilines is 1. The van der Waals surface area contributed by atoms with Crippen LogP contribution in [0.25, 0.3) is 0 Å². The molecule has 3 heterocycles. The maximum Gasteiger partial charge on any atom is 0.322 e. The van der Waals surface area contributed by atoms with E-state index in [9.17, 15) is 14.4 Å². The highest BCUT2D eigenvalue weighted by Crippen LogP contribution is 2.43. The quantitative estimate of drug-likeness (QED) is 0.750. The van der Waals surface area contributed by atoms with E-state index < -0.39 is 11.6 Å². The lowest BCUT2D eigenvalue weighted by atomic mass is 9.87. The monoisotopic (exact) mass is 371 g/mol. The number of piperazine rings is 1. The van der Waals surface area contributed by atoms with E-state index in [-0.39, 0.29) is 30.2 Å². The molecule has 2 N–H and O–H groups in total. The van der Waals surface area contributed by atoms with Crippen molar-refractivity contribution in [3.8, 4) is 0 Å². The van der Waals surface area contributed by atoms with E-state index in [1.165, 1.54) is 0 Å². The third kappa shape index (κ3) is 3.36. The van der Waals surface area contributed by atoms with E-state index in [0.29, 0.717) is 19.5 Å². The fourth-order valence-electron chi connectivity index (χ4n) is 4.30. The molecule has 0 spiro atoms. The van der Waals surface area contributed by atoms with Crippen LogP contribution in [0, 0.1) is 5.92 Å². The molecular formula is C19H25N5O3. The van der Waals surface area contributed by atoms with E-state index in [4.69, 9.17) is 0 Å². The highest BCUT2D eigenvalue weighted by molar-refractivity contribution is 6.07. The molecule has 2 atom stereocenters. The summed E-state index contributed by atoms with van der Waals surface area (Å²) in [5.74, 6) is -0.0858. The molecule has 1 aromatic rings. The van der Waals surface area contributed by atoms with Crippen molar-refractivity contribution >= 4 is 23.5 Å². The minimum absolute atomic E-state index is 0.0432.